The molecule has 6 heteroatoms. The molecule has 0 fully saturated rings. The van der Waals surface area contributed by atoms with Crippen LogP contribution in [-0.2, 0) is 4.79 Å². The summed E-state index contributed by atoms with van der Waals surface area (Å²) < 4.78 is -0.922. The van der Waals surface area contributed by atoms with Gasteiger partial charge >= 0.3 is 5.97 Å². The van der Waals surface area contributed by atoms with Crippen molar-refractivity contribution >= 4 is 43.8 Å². The minimum Gasteiger partial charge on any atom is -0.480 e. The third kappa shape index (κ3) is 7.14. The molecule has 0 spiro atoms. The first kappa shape index (κ1) is 15.2. The molecule has 0 bridgehead atoms. The van der Waals surface area contributed by atoms with Gasteiger partial charge in [0.05, 0.1) is 0 Å². The molecule has 88 valence electrons. The summed E-state index contributed by atoms with van der Waals surface area (Å²) in [5.74, 6) is -0.0810. The summed E-state index contributed by atoms with van der Waals surface area (Å²) in [6.45, 7) is 5.26. The van der Waals surface area contributed by atoms with Crippen molar-refractivity contribution in [3.8, 4) is 0 Å². The van der Waals surface area contributed by atoms with Crippen molar-refractivity contribution in [2.24, 2.45) is 0 Å². The van der Waals surface area contributed by atoms with Gasteiger partial charge in [0.2, 0.25) is 0 Å². The van der Waals surface area contributed by atoms with E-state index in [4.69, 9.17) is 5.11 Å². The van der Waals surface area contributed by atoms with Gasteiger partial charge in [0.1, 0.15) is 4.75 Å². The quantitative estimate of drug-likeness (QED) is 0.582. The standard InChI is InChI=1S/C9H16O3S3/c1-4-5-6-13-8(12)14-15-9(2,3)7(10)11/h4-6H2,1-3H3,(H,10,11). The molecule has 0 heterocycles. The third-order valence-electron chi connectivity index (χ3n) is 1.55. The normalized spacial score (nSPS) is 11.4. The SMILES string of the molecule is CCCCSC(=O)SSC(C)(C)C(=O)O. The predicted molar refractivity (Wildman–Crippen MR) is 69.7 cm³/mol. The van der Waals surface area contributed by atoms with Crippen LogP contribution in [0.3, 0.4) is 0 Å². The fourth-order valence-corrected chi connectivity index (χ4v) is 3.67. The Bertz CT molecular complexity index is 229. The van der Waals surface area contributed by atoms with Crippen molar-refractivity contribution in [3.05, 3.63) is 0 Å². The van der Waals surface area contributed by atoms with E-state index in [9.17, 15) is 9.59 Å². The van der Waals surface area contributed by atoms with Gasteiger partial charge in [-0.05, 0) is 31.1 Å². The Kier molecular flexibility index (Phi) is 7.56. The minimum atomic E-state index is -0.911. The molecule has 0 unspecified atom stereocenters. The molecular weight excluding hydrogens is 252 g/mol. The number of hydrogen-bond donors (Lipinski definition) is 1. The Morgan fingerprint density at radius 2 is 1.93 bits per heavy atom. The zero-order chi connectivity index (χ0) is 11.9. The van der Waals surface area contributed by atoms with E-state index in [1.807, 2.05) is 0 Å². The van der Waals surface area contributed by atoms with E-state index < -0.39 is 10.7 Å². The van der Waals surface area contributed by atoms with Crippen LogP contribution in [-0.4, -0.2) is 26.0 Å². The Labute approximate surface area is 103 Å². The Hall–Kier alpha value is 0.190. The molecule has 0 amide bonds. The second-order valence-electron chi connectivity index (χ2n) is 3.43. The smallest absolute Gasteiger partial charge is 0.320 e. The lowest BCUT2D eigenvalue weighted by Gasteiger charge is -2.16. The Balaban J connectivity index is 3.75. The van der Waals surface area contributed by atoms with Crippen LogP contribution in [0.2, 0.25) is 0 Å². The molecule has 0 atom stereocenters. The Morgan fingerprint density at radius 3 is 2.40 bits per heavy atom. The summed E-state index contributed by atoms with van der Waals surface area (Å²) in [6.07, 6.45) is 2.09. The zero-order valence-corrected chi connectivity index (χ0v) is 11.6. The fraction of sp³-hybridized carbons (Fsp3) is 0.778. The zero-order valence-electron chi connectivity index (χ0n) is 9.11. The largest absolute Gasteiger partial charge is 0.480 e. The molecular formula is C9H16O3S3. The van der Waals surface area contributed by atoms with Gasteiger partial charge in [-0.25, -0.2) is 0 Å². The van der Waals surface area contributed by atoms with Crippen LogP contribution >= 0.6 is 33.3 Å². The van der Waals surface area contributed by atoms with Crippen LogP contribution in [0.5, 0.6) is 0 Å². The highest BCUT2D eigenvalue weighted by molar-refractivity contribution is 8.86. The first-order valence-electron chi connectivity index (χ1n) is 4.66. The van der Waals surface area contributed by atoms with E-state index >= 15 is 0 Å². The lowest BCUT2D eigenvalue weighted by Crippen LogP contribution is -2.26. The van der Waals surface area contributed by atoms with E-state index in [0.29, 0.717) is 0 Å². The molecule has 1 N–H and O–H groups in total. The highest BCUT2D eigenvalue weighted by atomic mass is 33.1. The number of carboxylic acid groups (broad SMARTS) is 1. The van der Waals surface area contributed by atoms with E-state index in [0.717, 1.165) is 40.2 Å². The number of carbonyl (C=O) groups is 2. The molecule has 0 saturated carbocycles. The number of unbranched alkanes of at least 4 members (excludes halogenated alkanes) is 1. The van der Waals surface area contributed by atoms with Crippen LogP contribution in [0.4, 0.5) is 4.79 Å². The number of carboxylic acids is 1. The third-order valence-corrected chi connectivity index (χ3v) is 5.96. The average Bonchev–Trinajstić information content (AvgIpc) is 2.15. The number of aliphatic carboxylic acids is 1. The second kappa shape index (κ2) is 7.46. The minimum absolute atomic E-state index is 0.0113. The van der Waals surface area contributed by atoms with Gasteiger partial charge in [-0.3, -0.25) is 9.59 Å². The van der Waals surface area contributed by atoms with Crippen molar-refractivity contribution in [3.63, 3.8) is 0 Å². The van der Waals surface area contributed by atoms with Crippen LogP contribution in [0.25, 0.3) is 0 Å². The molecule has 0 aliphatic carbocycles. The van der Waals surface area contributed by atoms with Crippen molar-refractivity contribution in [2.45, 2.75) is 38.4 Å². The molecule has 0 rings (SSSR count). The van der Waals surface area contributed by atoms with E-state index in [1.54, 1.807) is 13.8 Å². The van der Waals surface area contributed by atoms with Crippen molar-refractivity contribution in [1.82, 2.24) is 0 Å². The van der Waals surface area contributed by atoms with Crippen molar-refractivity contribution < 1.29 is 14.7 Å². The highest BCUT2D eigenvalue weighted by Crippen LogP contribution is 2.39. The molecule has 0 radical (unpaired) electrons. The van der Waals surface area contributed by atoms with Gasteiger partial charge in [0.15, 0.2) is 0 Å². The van der Waals surface area contributed by atoms with Gasteiger partial charge < -0.3 is 5.11 Å². The van der Waals surface area contributed by atoms with Gasteiger partial charge in [0, 0.05) is 5.75 Å². The molecule has 0 aliphatic heterocycles. The number of rotatable bonds is 6. The predicted octanol–water partition coefficient (Wildman–Crippen LogP) is 3.88. The molecule has 0 aromatic heterocycles. The molecule has 0 aromatic carbocycles. The van der Waals surface area contributed by atoms with Gasteiger partial charge in [-0.2, -0.15) is 0 Å². The highest BCUT2D eigenvalue weighted by Gasteiger charge is 2.29. The van der Waals surface area contributed by atoms with Crippen molar-refractivity contribution in [2.75, 3.05) is 5.75 Å². The number of thioether (sulfide) groups is 1. The molecule has 0 aliphatic rings. The summed E-state index contributed by atoms with van der Waals surface area (Å²) >= 11 is 1.26. The summed E-state index contributed by atoms with van der Waals surface area (Å²) in [5, 5.41) is 8.82. The fourth-order valence-electron chi connectivity index (χ4n) is 0.498. The average molecular weight is 268 g/mol. The first-order chi connectivity index (χ1) is 6.90. The number of hydrogen-bond acceptors (Lipinski definition) is 5. The molecule has 0 aromatic rings. The molecule has 3 nitrogen and oxygen atoms in total. The maximum Gasteiger partial charge on any atom is 0.320 e. The van der Waals surface area contributed by atoms with Gasteiger partial charge in [0.25, 0.3) is 4.45 Å². The van der Waals surface area contributed by atoms with E-state index in [-0.39, 0.29) is 4.45 Å². The van der Waals surface area contributed by atoms with Crippen LogP contribution < -0.4 is 0 Å². The topological polar surface area (TPSA) is 54.4 Å². The van der Waals surface area contributed by atoms with Gasteiger partial charge in [-0.1, -0.05) is 35.9 Å². The number of carbonyl (C=O) groups excluding carboxylic acids is 1. The van der Waals surface area contributed by atoms with Crippen LogP contribution in [0.1, 0.15) is 33.6 Å². The maximum absolute atomic E-state index is 11.3. The summed E-state index contributed by atoms with van der Waals surface area (Å²) in [5.41, 5.74) is 0. The lowest BCUT2D eigenvalue weighted by molar-refractivity contribution is -0.138. The van der Waals surface area contributed by atoms with E-state index in [2.05, 4.69) is 6.92 Å². The second-order valence-corrected chi connectivity index (χ2v) is 7.49. The van der Waals surface area contributed by atoms with Gasteiger partial charge in [-0.15, -0.1) is 0 Å². The summed E-state index contributed by atoms with van der Waals surface area (Å²) in [4.78, 5) is 22.0. The van der Waals surface area contributed by atoms with E-state index in [1.165, 1.54) is 11.8 Å². The van der Waals surface area contributed by atoms with Crippen molar-refractivity contribution in [1.29, 1.82) is 0 Å². The first-order valence-corrected chi connectivity index (χ1v) is 7.79. The van der Waals surface area contributed by atoms with Crippen LogP contribution in [0.15, 0.2) is 0 Å². The Morgan fingerprint density at radius 1 is 1.33 bits per heavy atom. The van der Waals surface area contributed by atoms with Crippen LogP contribution in [0, 0.1) is 0 Å². The molecule has 15 heavy (non-hydrogen) atoms. The molecule has 0 saturated heterocycles. The maximum atomic E-state index is 11.3. The lowest BCUT2D eigenvalue weighted by atomic mass is 10.2. The monoisotopic (exact) mass is 268 g/mol. The summed E-state index contributed by atoms with van der Waals surface area (Å²) in [6, 6.07) is 0. The summed E-state index contributed by atoms with van der Waals surface area (Å²) in [7, 11) is 2.12.